The van der Waals surface area contributed by atoms with E-state index >= 15 is 0 Å². The Bertz CT molecular complexity index is 320. The summed E-state index contributed by atoms with van der Waals surface area (Å²) in [5.41, 5.74) is 0. The average molecular weight is 223 g/mol. The Hall–Kier alpha value is -0.830. The highest BCUT2D eigenvalue weighted by Crippen LogP contribution is 2.22. The minimum Gasteiger partial charge on any atom is -0.338 e. The van der Waals surface area contributed by atoms with Crippen LogP contribution in [0.1, 0.15) is 35.9 Å². The van der Waals surface area contributed by atoms with Gasteiger partial charge in [-0.2, -0.15) is 0 Å². The van der Waals surface area contributed by atoms with Gasteiger partial charge in [0, 0.05) is 13.1 Å². The first-order valence-electron chi connectivity index (χ1n) is 5.64. The first kappa shape index (κ1) is 10.7. The van der Waals surface area contributed by atoms with Crippen LogP contribution in [0.25, 0.3) is 0 Å². The third-order valence-electron chi connectivity index (χ3n) is 3.12. The van der Waals surface area contributed by atoms with Crippen LogP contribution in [0.15, 0.2) is 17.5 Å². The SMILES string of the molecule is CCC1CCCN(C(=O)c2cccs2)C1. The molecule has 1 atom stereocenters. The fourth-order valence-electron chi connectivity index (χ4n) is 2.14. The molecule has 1 aliphatic heterocycles. The second kappa shape index (κ2) is 4.79. The number of hydrogen-bond donors (Lipinski definition) is 0. The zero-order valence-electron chi connectivity index (χ0n) is 9.11. The third-order valence-corrected chi connectivity index (χ3v) is 3.97. The summed E-state index contributed by atoms with van der Waals surface area (Å²) in [5, 5.41) is 1.97. The minimum atomic E-state index is 0.225. The van der Waals surface area contributed by atoms with Gasteiger partial charge in [0.05, 0.1) is 4.88 Å². The molecule has 0 spiro atoms. The molecule has 1 amide bonds. The van der Waals surface area contributed by atoms with Gasteiger partial charge in [-0.3, -0.25) is 4.79 Å². The largest absolute Gasteiger partial charge is 0.338 e. The number of likely N-dealkylation sites (tertiary alicyclic amines) is 1. The highest BCUT2D eigenvalue weighted by Gasteiger charge is 2.23. The molecule has 1 fully saturated rings. The van der Waals surface area contributed by atoms with Crippen molar-refractivity contribution in [3.8, 4) is 0 Å². The average Bonchev–Trinajstić information content (AvgIpc) is 2.81. The minimum absolute atomic E-state index is 0.225. The lowest BCUT2D eigenvalue weighted by atomic mass is 9.95. The number of carbonyl (C=O) groups is 1. The van der Waals surface area contributed by atoms with E-state index in [2.05, 4.69) is 6.92 Å². The monoisotopic (exact) mass is 223 g/mol. The van der Waals surface area contributed by atoms with Crippen LogP contribution in [0.3, 0.4) is 0 Å². The Balaban J connectivity index is 2.01. The van der Waals surface area contributed by atoms with E-state index in [9.17, 15) is 4.79 Å². The van der Waals surface area contributed by atoms with Crippen molar-refractivity contribution in [3.63, 3.8) is 0 Å². The van der Waals surface area contributed by atoms with Crippen LogP contribution >= 0.6 is 11.3 Å². The van der Waals surface area contributed by atoms with Gasteiger partial charge in [-0.1, -0.05) is 19.4 Å². The molecule has 1 saturated heterocycles. The first-order valence-corrected chi connectivity index (χ1v) is 6.52. The van der Waals surface area contributed by atoms with E-state index in [0.29, 0.717) is 5.92 Å². The molecule has 0 N–H and O–H groups in total. The number of amides is 1. The predicted molar refractivity (Wildman–Crippen MR) is 63.2 cm³/mol. The maximum absolute atomic E-state index is 12.1. The standard InChI is InChI=1S/C12H17NOS/c1-2-10-5-3-7-13(9-10)12(14)11-6-4-8-15-11/h4,6,8,10H,2-3,5,7,9H2,1H3. The highest BCUT2D eigenvalue weighted by molar-refractivity contribution is 7.12. The molecule has 0 radical (unpaired) electrons. The van der Waals surface area contributed by atoms with Crippen molar-refractivity contribution in [2.24, 2.45) is 5.92 Å². The molecule has 1 aromatic heterocycles. The summed E-state index contributed by atoms with van der Waals surface area (Å²) in [7, 11) is 0. The van der Waals surface area contributed by atoms with Crippen molar-refractivity contribution in [1.82, 2.24) is 4.90 Å². The van der Waals surface area contributed by atoms with E-state index in [1.165, 1.54) is 12.8 Å². The van der Waals surface area contributed by atoms with Crippen LogP contribution in [-0.2, 0) is 0 Å². The summed E-state index contributed by atoms with van der Waals surface area (Å²) in [6.45, 7) is 4.10. The normalized spacial score (nSPS) is 21.7. The quantitative estimate of drug-likeness (QED) is 0.754. The number of hydrogen-bond acceptors (Lipinski definition) is 2. The highest BCUT2D eigenvalue weighted by atomic mass is 32.1. The van der Waals surface area contributed by atoms with E-state index in [4.69, 9.17) is 0 Å². The molecule has 1 unspecified atom stereocenters. The second-order valence-electron chi connectivity index (χ2n) is 4.14. The van der Waals surface area contributed by atoms with E-state index in [0.717, 1.165) is 24.4 Å². The van der Waals surface area contributed by atoms with Gasteiger partial charge in [0.15, 0.2) is 0 Å². The molecule has 2 heterocycles. The molecule has 0 aromatic carbocycles. The molecule has 15 heavy (non-hydrogen) atoms. The van der Waals surface area contributed by atoms with E-state index in [1.807, 2.05) is 22.4 Å². The van der Waals surface area contributed by atoms with E-state index in [1.54, 1.807) is 11.3 Å². The number of rotatable bonds is 2. The summed E-state index contributed by atoms with van der Waals surface area (Å²) < 4.78 is 0. The van der Waals surface area contributed by atoms with Gasteiger partial charge in [-0.05, 0) is 30.2 Å². The Morgan fingerprint density at radius 2 is 2.53 bits per heavy atom. The van der Waals surface area contributed by atoms with Crippen molar-refractivity contribution in [2.45, 2.75) is 26.2 Å². The lowest BCUT2D eigenvalue weighted by Gasteiger charge is -2.32. The third kappa shape index (κ3) is 2.40. The number of piperidine rings is 1. The Kier molecular flexibility index (Phi) is 3.41. The molecule has 2 rings (SSSR count). The summed E-state index contributed by atoms with van der Waals surface area (Å²) in [5.74, 6) is 0.936. The second-order valence-corrected chi connectivity index (χ2v) is 5.09. The molecule has 1 aliphatic rings. The summed E-state index contributed by atoms with van der Waals surface area (Å²) in [6.07, 6.45) is 3.63. The number of thiophene rings is 1. The van der Waals surface area contributed by atoms with Gasteiger partial charge in [-0.25, -0.2) is 0 Å². The molecular weight excluding hydrogens is 206 g/mol. The van der Waals surface area contributed by atoms with Gasteiger partial charge in [0.2, 0.25) is 0 Å². The zero-order chi connectivity index (χ0) is 10.7. The van der Waals surface area contributed by atoms with Gasteiger partial charge < -0.3 is 4.90 Å². The van der Waals surface area contributed by atoms with Gasteiger partial charge in [0.1, 0.15) is 0 Å². The molecular formula is C12H17NOS. The van der Waals surface area contributed by atoms with Gasteiger partial charge >= 0.3 is 0 Å². The van der Waals surface area contributed by atoms with E-state index in [-0.39, 0.29) is 5.91 Å². The molecule has 2 nitrogen and oxygen atoms in total. The fourth-order valence-corrected chi connectivity index (χ4v) is 2.83. The summed E-state index contributed by atoms with van der Waals surface area (Å²) in [4.78, 5) is 15.0. The Morgan fingerprint density at radius 3 is 3.20 bits per heavy atom. The smallest absolute Gasteiger partial charge is 0.263 e. The molecule has 0 saturated carbocycles. The summed E-state index contributed by atoms with van der Waals surface area (Å²) in [6, 6.07) is 3.86. The van der Waals surface area contributed by atoms with Crippen molar-refractivity contribution in [3.05, 3.63) is 22.4 Å². The molecule has 3 heteroatoms. The number of nitrogens with zero attached hydrogens (tertiary/aromatic N) is 1. The van der Waals surface area contributed by atoms with Crippen LogP contribution in [-0.4, -0.2) is 23.9 Å². The maximum Gasteiger partial charge on any atom is 0.263 e. The predicted octanol–water partition coefficient (Wildman–Crippen LogP) is 3.01. The van der Waals surface area contributed by atoms with Gasteiger partial charge in [0.25, 0.3) is 5.91 Å². The lowest BCUT2D eigenvalue weighted by molar-refractivity contribution is 0.0676. The molecule has 0 bridgehead atoms. The van der Waals surface area contributed by atoms with Crippen molar-refractivity contribution in [2.75, 3.05) is 13.1 Å². The van der Waals surface area contributed by atoms with Crippen molar-refractivity contribution < 1.29 is 4.79 Å². The van der Waals surface area contributed by atoms with Crippen molar-refractivity contribution in [1.29, 1.82) is 0 Å². The van der Waals surface area contributed by atoms with Crippen LogP contribution in [0.4, 0.5) is 0 Å². The first-order chi connectivity index (χ1) is 7.31. The molecule has 0 aliphatic carbocycles. The Morgan fingerprint density at radius 1 is 1.67 bits per heavy atom. The maximum atomic E-state index is 12.1. The summed E-state index contributed by atoms with van der Waals surface area (Å²) >= 11 is 1.54. The number of carbonyl (C=O) groups excluding carboxylic acids is 1. The van der Waals surface area contributed by atoms with Crippen molar-refractivity contribution >= 4 is 17.2 Å². The van der Waals surface area contributed by atoms with Crippen LogP contribution < -0.4 is 0 Å². The topological polar surface area (TPSA) is 20.3 Å². The van der Waals surface area contributed by atoms with Crippen LogP contribution in [0.2, 0.25) is 0 Å². The zero-order valence-corrected chi connectivity index (χ0v) is 9.93. The van der Waals surface area contributed by atoms with Gasteiger partial charge in [-0.15, -0.1) is 11.3 Å². The van der Waals surface area contributed by atoms with E-state index < -0.39 is 0 Å². The Labute approximate surface area is 94.9 Å². The van der Waals surface area contributed by atoms with Crippen LogP contribution in [0, 0.1) is 5.92 Å². The lowest BCUT2D eigenvalue weighted by Crippen LogP contribution is -2.39. The molecule has 1 aromatic rings. The fraction of sp³-hybridized carbons (Fsp3) is 0.583. The van der Waals surface area contributed by atoms with Crippen LogP contribution in [0.5, 0.6) is 0 Å². The molecule has 82 valence electrons.